The summed E-state index contributed by atoms with van der Waals surface area (Å²) in [6.45, 7) is 0.453. The van der Waals surface area contributed by atoms with Crippen LogP contribution in [-0.4, -0.2) is 20.3 Å². The Morgan fingerprint density at radius 2 is 2.08 bits per heavy atom. The monoisotopic (exact) mass is 321 g/mol. The molecule has 2 aromatic heterocycles. The second kappa shape index (κ2) is 6.09. The molecule has 5 heteroatoms. The minimum atomic E-state index is -0.636. The van der Waals surface area contributed by atoms with Crippen molar-refractivity contribution in [1.29, 1.82) is 0 Å². The Kier molecular flexibility index (Phi) is 3.78. The highest BCUT2D eigenvalue weighted by Crippen LogP contribution is 2.41. The topological polar surface area (TPSA) is 71.0 Å². The molecule has 122 valence electrons. The number of aliphatic hydroxyl groups is 1. The van der Waals surface area contributed by atoms with Gasteiger partial charge in [-0.2, -0.15) is 5.10 Å². The smallest absolute Gasteiger partial charge is 0.138 e. The molecule has 24 heavy (non-hydrogen) atoms. The van der Waals surface area contributed by atoms with Crippen LogP contribution >= 0.6 is 0 Å². The zero-order chi connectivity index (χ0) is 16.4. The van der Waals surface area contributed by atoms with Gasteiger partial charge in [-0.15, -0.1) is 0 Å². The molecule has 1 aliphatic carbocycles. The van der Waals surface area contributed by atoms with E-state index in [4.69, 9.17) is 4.74 Å². The fraction of sp³-hybridized carbons (Fsp3) is 0.263. The summed E-state index contributed by atoms with van der Waals surface area (Å²) >= 11 is 0. The van der Waals surface area contributed by atoms with Crippen LogP contribution < -0.4 is 4.74 Å². The molecule has 0 unspecified atom stereocenters. The van der Waals surface area contributed by atoms with Crippen LogP contribution in [-0.2, 0) is 12.2 Å². The molecule has 0 bridgehead atoms. The summed E-state index contributed by atoms with van der Waals surface area (Å²) in [5.74, 6) is 0.714. The number of nitrogens with one attached hydrogen (secondary N) is 1. The van der Waals surface area contributed by atoms with Gasteiger partial charge < -0.3 is 9.84 Å². The molecule has 0 atom stereocenters. The van der Waals surface area contributed by atoms with E-state index in [2.05, 4.69) is 15.2 Å². The molecule has 1 aliphatic rings. The highest BCUT2D eigenvalue weighted by Gasteiger charge is 2.36. The normalized spacial score (nSPS) is 15.7. The minimum Gasteiger partial charge on any atom is -0.487 e. The SMILES string of the molecule is OC1(c2cccc(COc3ccc(-c4ccn[nH]4)nc3)c2)CCC1. The first-order valence-corrected chi connectivity index (χ1v) is 8.13. The number of benzene rings is 1. The second-order valence-electron chi connectivity index (χ2n) is 6.22. The van der Waals surface area contributed by atoms with E-state index in [0.29, 0.717) is 12.4 Å². The van der Waals surface area contributed by atoms with E-state index < -0.39 is 5.60 Å². The van der Waals surface area contributed by atoms with Crippen LogP contribution in [0.3, 0.4) is 0 Å². The first kappa shape index (κ1) is 14.9. The number of ether oxygens (including phenoxy) is 1. The van der Waals surface area contributed by atoms with Crippen LogP contribution in [0.15, 0.2) is 54.9 Å². The summed E-state index contributed by atoms with van der Waals surface area (Å²) in [5, 5.41) is 17.3. The molecule has 1 fully saturated rings. The van der Waals surface area contributed by atoms with Crippen LogP contribution in [0.5, 0.6) is 5.75 Å². The summed E-state index contributed by atoms with van der Waals surface area (Å²) in [7, 11) is 0. The summed E-state index contributed by atoms with van der Waals surface area (Å²) < 4.78 is 5.81. The van der Waals surface area contributed by atoms with Gasteiger partial charge in [0.1, 0.15) is 12.4 Å². The van der Waals surface area contributed by atoms with Crippen LogP contribution in [0.25, 0.3) is 11.4 Å². The summed E-state index contributed by atoms with van der Waals surface area (Å²) in [4.78, 5) is 4.38. The Bertz CT molecular complexity index is 809. The lowest BCUT2D eigenvalue weighted by atomic mass is 9.75. The minimum absolute atomic E-state index is 0.453. The first-order valence-electron chi connectivity index (χ1n) is 8.13. The highest BCUT2D eigenvalue weighted by atomic mass is 16.5. The van der Waals surface area contributed by atoms with Gasteiger partial charge in [0, 0.05) is 6.20 Å². The molecular weight excluding hydrogens is 302 g/mol. The average molecular weight is 321 g/mol. The first-order chi connectivity index (χ1) is 11.7. The molecule has 4 rings (SSSR count). The van der Waals surface area contributed by atoms with E-state index in [1.807, 2.05) is 42.5 Å². The fourth-order valence-electron chi connectivity index (χ4n) is 2.94. The third-order valence-electron chi connectivity index (χ3n) is 4.56. The van der Waals surface area contributed by atoms with Crippen LogP contribution in [0.1, 0.15) is 30.4 Å². The van der Waals surface area contributed by atoms with E-state index >= 15 is 0 Å². The molecule has 0 saturated heterocycles. The Balaban J connectivity index is 1.42. The van der Waals surface area contributed by atoms with Gasteiger partial charge in [-0.05, 0) is 54.7 Å². The van der Waals surface area contributed by atoms with Gasteiger partial charge >= 0.3 is 0 Å². The summed E-state index contributed by atoms with van der Waals surface area (Å²) in [6.07, 6.45) is 6.18. The third-order valence-corrected chi connectivity index (χ3v) is 4.56. The molecule has 1 saturated carbocycles. The quantitative estimate of drug-likeness (QED) is 0.755. The summed E-state index contributed by atoms with van der Waals surface area (Å²) in [5.41, 5.74) is 3.11. The largest absolute Gasteiger partial charge is 0.487 e. The Morgan fingerprint density at radius 3 is 2.75 bits per heavy atom. The van der Waals surface area contributed by atoms with Crippen molar-refractivity contribution < 1.29 is 9.84 Å². The molecule has 0 radical (unpaired) electrons. The second-order valence-corrected chi connectivity index (χ2v) is 6.22. The lowest BCUT2D eigenvalue weighted by Gasteiger charge is -2.37. The maximum atomic E-state index is 10.5. The van der Waals surface area contributed by atoms with E-state index in [1.165, 1.54) is 0 Å². The van der Waals surface area contributed by atoms with E-state index in [0.717, 1.165) is 41.8 Å². The predicted octanol–water partition coefficient (Wildman–Crippen LogP) is 3.42. The molecule has 3 aromatic rings. The van der Waals surface area contributed by atoms with Crippen molar-refractivity contribution in [2.45, 2.75) is 31.5 Å². The zero-order valence-electron chi connectivity index (χ0n) is 13.3. The van der Waals surface area contributed by atoms with Crippen molar-refractivity contribution in [3.05, 3.63) is 66.0 Å². The van der Waals surface area contributed by atoms with Crippen molar-refractivity contribution >= 4 is 0 Å². The molecule has 2 heterocycles. The van der Waals surface area contributed by atoms with Crippen molar-refractivity contribution in [1.82, 2.24) is 15.2 Å². The number of rotatable bonds is 5. The van der Waals surface area contributed by atoms with Crippen molar-refractivity contribution in [2.24, 2.45) is 0 Å². The molecule has 1 aromatic carbocycles. The van der Waals surface area contributed by atoms with E-state index in [1.54, 1.807) is 12.4 Å². The maximum absolute atomic E-state index is 10.5. The maximum Gasteiger partial charge on any atom is 0.138 e. The van der Waals surface area contributed by atoms with Crippen LogP contribution in [0.4, 0.5) is 0 Å². The molecule has 5 nitrogen and oxygen atoms in total. The number of hydrogen-bond donors (Lipinski definition) is 2. The molecule has 0 aliphatic heterocycles. The lowest BCUT2D eigenvalue weighted by molar-refractivity contribution is -0.0388. The lowest BCUT2D eigenvalue weighted by Crippen LogP contribution is -2.33. The number of aromatic amines is 1. The van der Waals surface area contributed by atoms with E-state index in [-0.39, 0.29) is 0 Å². The number of pyridine rings is 1. The van der Waals surface area contributed by atoms with Gasteiger partial charge in [-0.25, -0.2) is 0 Å². The van der Waals surface area contributed by atoms with Crippen molar-refractivity contribution in [3.63, 3.8) is 0 Å². The van der Waals surface area contributed by atoms with Crippen molar-refractivity contribution in [3.8, 4) is 17.1 Å². The van der Waals surface area contributed by atoms with Gasteiger partial charge in [0.05, 0.1) is 23.2 Å². The Labute approximate surface area is 140 Å². The number of nitrogens with zero attached hydrogens (tertiary/aromatic N) is 2. The Hall–Kier alpha value is -2.66. The zero-order valence-corrected chi connectivity index (χ0v) is 13.3. The van der Waals surface area contributed by atoms with Crippen LogP contribution in [0.2, 0.25) is 0 Å². The molecule has 0 spiro atoms. The third kappa shape index (κ3) is 2.90. The fourth-order valence-corrected chi connectivity index (χ4v) is 2.94. The number of H-pyrrole nitrogens is 1. The van der Waals surface area contributed by atoms with Crippen molar-refractivity contribution in [2.75, 3.05) is 0 Å². The molecule has 2 N–H and O–H groups in total. The van der Waals surface area contributed by atoms with Crippen LogP contribution in [0, 0.1) is 0 Å². The van der Waals surface area contributed by atoms with E-state index in [9.17, 15) is 5.11 Å². The van der Waals surface area contributed by atoms with Gasteiger partial charge in [-0.3, -0.25) is 10.1 Å². The van der Waals surface area contributed by atoms with Gasteiger partial charge in [0.2, 0.25) is 0 Å². The predicted molar refractivity (Wildman–Crippen MR) is 90.3 cm³/mol. The number of aromatic nitrogens is 3. The van der Waals surface area contributed by atoms with Gasteiger partial charge in [0.15, 0.2) is 0 Å². The highest BCUT2D eigenvalue weighted by molar-refractivity contribution is 5.53. The molecule has 0 amide bonds. The molecular formula is C19H19N3O2. The number of hydrogen-bond acceptors (Lipinski definition) is 4. The Morgan fingerprint density at radius 1 is 1.17 bits per heavy atom. The van der Waals surface area contributed by atoms with Gasteiger partial charge in [0.25, 0.3) is 0 Å². The standard InChI is InChI=1S/C19H19N3O2/c23-19(8-2-9-19)15-4-1-3-14(11-15)13-24-16-5-6-17(20-12-16)18-7-10-21-22-18/h1,3-7,10-12,23H,2,8-9,13H2,(H,21,22). The average Bonchev–Trinajstić information content (AvgIpc) is 3.13. The van der Waals surface area contributed by atoms with Gasteiger partial charge in [-0.1, -0.05) is 18.2 Å². The summed E-state index contributed by atoms with van der Waals surface area (Å²) in [6, 6.07) is 13.7.